The van der Waals surface area contributed by atoms with Crippen LogP contribution in [-0.2, 0) is 4.79 Å². The third kappa shape index (κ3) is 6.29. The number of ether oxygens (including phenoxy) is 4. The zero-order valence-electron chi connectivity index (χ0n) is 22.5. The summed E-state index contributed by atoms with van der Waals surface area (Å²) in [7, 11) is 4.63. The van der Waals surface area contributed by atoms with Gasteiger partial charge in [0.15, 0.2) is 34.0 Å². The minimum atomic E-state index is -0.362. The summed E-state index contributed by atoms with van der Waals surface area (Å²) in [6.45, 7) is 2.24. The molecule has 0 aliphatic rings. The lowest BCUT2D eigenvalue weighted by atomic mass is 10.1. The maximum Gasteiger partial charge on any atom is 0.250 e. The van der Waals surface area contributed by atoms with Crippen LogP contribution in [0.5, 0.6) is 28.7 Å². The number of carbonyl (C=O) groups excluding carboxylic acids is 1. The topological polar surface area (TPSA) is 129 Å². The molecule has 0 radical (unpaired) electrons. The molecule has 208 valence electrons. The highest BCUT2D eigenvalue weighted by Crippen LogP contribution is 2.41. The molecule has 0 unspecified atom stereocenters. The van der Waals surface area contributed by atoms with Crippen LogP contribution in [0.4, 0.5) is 0 Å². The van der Waals surface area contributed by atoms with Crippen LogP contribution in [0.3, 0.4) is 0 Å². The van der Waals surface area contributed by atoms with Crippen LogP contribution in [0.1, 0.15) is 12.5 Å². The zero-order valence-corrected chi connectivity index (χ0v) is 23.3. The number of hydrazone groups is 1. The number of aromatic nitrogens is 3. The lowest BCUT2D eigenvalue weighted by molar-refractivity contribution is -0.118. The average Bonchev–Trinajstić information content (AvgIpc) is 3.41. The van der Waals surface area contributed by atoms with Gasteiger partial charge in [0.2, 0.25) is 5.75 Å². The molecule has 0 bridgehead atoms. The van der Waals surface area contributed by atoms with E-state index in [1.165, 1.54) is 25.1 Å². The van der Waals surface area contributed by atoms with Crippen molar-refractivity contribution in [1.82, 2.24) is 20.2 Å². The minimum Gasteiger partial charge on any atom is -0.504 e. The van der Waals surface area contributed by atoms with Gasteiger partial charge in [-0.1, -0.05) is 36.0 Å². The molecule has 4 aromatic rings. The number of nitrogens with zero attached hydrogens (tertiary/aromatic N) is 4. The summed E-state index contributed by atoms with van der Waals surface area (Å²) in [5.41, 5.74) is 4.38. The first kappa shape index (κ1) is 28.3. The first-order valence-electron chi connectivity index (χ1n) is 12.2. The molecule has 4 rings (SSSR count). The second-order valence-electron chi connectivity index (χ2n) is 8.10. The van der Waals surface area contributed by atoms with Crippen LogP contribution < -0.4 is 24.4 Å². The van der Waals surface area contributed by atoms with E-state index in [4.69, 9.17) is 18.9 Å². The minimum absolute atomic E-state index is 0.0164. The molecule has 0 saturated carbocycles. The average molecular weight is 564 g/mol. The molecule has 3 aromatic carbocycles. The quantitative estimate of drug-likeness (QED) is 0.147. The summed E-state index contributed by atoms with van der Waals surface area (Å²) >= 11 is 1.20. The van der Waals surface area contributed by atoms with E-state index in [1.54, 1.807) is 44.6 Å². The fourth-order valence-electron chi connectivity index (χ4n) is 3.82. The van der Waals surface area contributed by atoms with Crippen molar-refractivity contribution in [3.8, 4) is 45.8 Å². The number of methoxy groups -OCH3 is 3. The van der Waals surface area contributed by atoms with E-state index in [9.17, 15) is 9.90 Å². The summed E-state index contributed by atoms with van der Waals surface area (Å²) in [5.74, 6) is 1.89. The van der Waals surface area contributed by atoms with Crippen molar-refractivity contribution >= 4 is 23.9 Å². The van der Waals surface area contributed by atoms with Gasteiger partial charge in [0.1, 0.15) is 0 Å². The number of carbonyl (C=O) groups is 1. The van der Waals surface area contributed by atoms with E-state index in [0.717, 1.165) is 5.69 Å². The summed E-state index contributed by atoms with van der Waals surface area (Å²) < 4.78 is 23.7. The SMILES string of the molecule is CCOc1cccc(/C=N\NC(=O)CSc2nnc(-c3cc(OC)c(OC)c(OC)c3)n2-c2ccccc2)c1O. The number of para-hydroxylation sites is 2. The van der Waals surface area contributed by atoms with Gasteiger partial charge in [-0.25, -0.2) is 5.43 Å². The summed E-state index contributed by atoms with van der Waals surface area (Å²) in [6.07, 6.45) is 1.36. The van der Waals surface area contributed by atoms with Gasteiger partial charge in [-0.2, -0.15) is 5.10 Å². The van der Waals surface area contributed by atoms with Gasteiger partial charge in [-0.05, 0) is 43.3 Å². The molecule has 1 aromatic heterocycles. The molecule has 40 heavy (non-hydrogen) atoms. The van der Waals surface area contributed by atoms with Crippen molar-refractivity contribution in [1.29, 1.82) is 0 Å². The molecule has 0 spiro atoms. The molecule has 0 fully saturated rings. The van der Waals surface area contributed by atoms with Crippen LogP contribution in [0, 0.1) is 0 Å². The van der Waals surface area contributed by atoms with Gasteiger partial charge in [-0.15, -0.1) is 10.2 Å². The van der Waals surface area contributed by atoms with Gasteiger partial charge < -0.3 is 24.1 Å². The number of benzene rings is 3. The predicted molar refractivity (Wildman–Crippen MR) is 152 cm³/mol. The van der Waals surface area contributed by atoms with Crippen LogP contribution in [0.15, 0.2) is 70.9 Å². The van der Waals surface area contributed by atoms with Crippen molar-refractivity contribution < 1.29 is 28.8 Å². The highest BCUT2D eigenvalue weighted by molar-refractivity contribution is 7.99. The standard InChI is InChI=1S/C28H29N5O6S/c1-5-39-21-13-9-10-18(25(21)35)16-29-30-24(34)17-40-28-32-31-27(33(28)20-11-7-6-8-12-20)19-14-22(36-2)26(38-4)23(15-19)37-3/h6-16,35H,5,17H2,1-4H3,(H,30,34)/b29-16-. The monoisotopic (exact) mass is 563 g/mol. The molecular weight excluding hydrogens is 534 g/mol. The van der Waals surface area contributed by atoms with Crippen molar-refractivity contribution in [3.63, 3.8) is 0 Å². The number of aromatic hydroxyl groups is 1. The lowest BCUT2D eigenvalue weighted by Crippen LogP contribution is -2.20. The number of thioether (sulfide) groups is 1. The first-order valence-corrected chi connectivity index (χ1v) is 13.2. The maximum atomic E-state index is 12.6. The number of phenolic OH excluding ortho intramolecular Hbond substituents is 1. The Balaban J connectivity index is 1.56. The summed E-state index contributed by atoms with van der Waals surface area (Å²) in [5, 5.41) is 23.5. The molecule has 2 N–H and O–H groups in total. The van der Waals surface area contributed by atoms with E-state index in [0.29, 0.717) is 51.7 Å². The highest BCUT2D eigenvalue weighted by Gasteiger charge is 2.21. The van der Waals surface area contributed by atoms with Crippen molar-refractivity contribution in [2.24, 2.45) is 5.10 Å². The molecule has 12 heteroatoms. The van der Waals surface area contributed by atoms with Gasteiger partial charge >= 0.3 is 0 Å². The normalized spacial score (nSPS) is 10.9. The Morgan fingerprint density at radius 2 is 1.73 bits per heavy atom. The van der Waals surface area contributed by atoms with Crippen molar-refractivity contribution in [3.05, 3.63) is 66.2 Å². The van der Waals surface area contributed by atoms with Crippen LogP contribution in [0.2, 0.25) is 0 Å². The largest absolute Gasteiger partial charge is 0.504 e. The number of rotatable bonds is 12. The van der Waals surface area contributed by atoms with Crippen LogP contribution in [-0.4, -0.2) is 65.7 Å². The predicted octanol–water partition coefficient (Wildman–Crippen LogP) is 4.31. The molecule has 0 aliphatic carbocycles. The van der Waals surface area contributed by atoms with E-state index >= 15 is 0 Å². The highest BCUT2D eigenvalue weighted by atomic mass is 32.2. The first-order chi connectivity index (χ1) is 19.5. The van der Waals surface area contributed by atoms with E-state index in [2.05, 4.69) is 20.7 Å². The van der Waals surface area contributed by atoms with Gasteiger partial charge in [0.05, 0.1) is 39.9 Å². The Hall–Kier alpha value is -4.71. The lowest BCUT2D eigenvalue weighted by Gasteiger charge is -2.15. The van der Waals surface area contributed by atoms with E-state index in [-0.39, 0.29) is 17.4 Å². The number of amides is 1. The Bertz CT molecular complexity index is 1470. The summed E-state index contributed by atoms with van der Waals surface area (Å²) in [6, 6.07) is 18.2. The second kappa shape index (κ2) is 13.4. The van der Waals surface area contributed by atoms with Crippen molar-refractivity contribution in [2.45, 2.75) is 12.1 Å². The fourth-order valence-corrected chi connectivity index (χ4v) is 4.57. The van der Waals surface area contributed by atoms with Gasteiger partial charge in [0, 0.05) is 16.8 Å². The molecule has 1 heterocycles. The van der Waals surface area contributed by atoms with Crippen molar-refractivity contribution in [2.75, 3.05) is 33.7 Å². The van der Waals surface area contributed by atoms with Crippen LogP contribution in [0.25, 0.3) is 17.1 Å². The Labute approximate surface area is 235 Å². The molecule has 11 nitrogen and oxygen atoms in total. The number of hydrogen-bond donors (Lipinski definition) is 2. The Morgan fingerprint density at radius 1 is 1.00 bits per heavy atom. The van der Waals surface area contributed by atoms with E-state index in [1.807, 2.05) is 41.8 Å². The Morgan fingerprint density at radius 3 is 2.38 bits per heavy atom. The third-order valence-electron chi connectivity index (χ3n) is 5.63. The fraction of sp³-hybridized carbons (Fsp3) is 0.214. The number of phenols is 1. The molecule has 0 atom stereocenters. The van der Waals surface area contributed by atoms with Gasteiger partial charge in [0.25, 0.3) is 5.91 Å². The summed E-state index contributed by atoms with van der Waals surface area (Å²) in [4.78, 5) is 12.6. The Kier molecular flexibility index (Phi) is 9.47. The molecule has 1 amide bonds. The molecule has 0 aliphatic heterocycles. The van der Waals surface area contributed by atoms with E-state index < -0.39 is 0 Å². The maximum absolute atomic E-state index is 12.6. The molecule has 0 saturated heterocycles. The van der Waals surface area contributed by atoms with Crippen LogP contribution >= 0.6 is 11.8 Å². The zero-order chi connectivity index (χ0) is 28.5. The number of nitrogens with one attached hydrogen (secondary N) is 1. The van der Waals surface area contributed by atoms with Gasteiger partial charge in [-0.3, -0.25) is 9.36 Å². The number of hydrogen-bond acceptors (Lipinski definition) is 10. The third-order valence-corrected chi connectivity index (χ3v) is 6.55. The second-order valence-corrected chi connectivity index (χ2v) is 9.04. The molecular formula is C28H29N5O6S. The smallest absolute Gasteiger partial charge is 0.250 e.